The minimum Gasteiger partial charge on any atom is -0.493 e. The van der Waals surface area contributed by atoms with Gasteiger partial charge in [0.05, 0.1) is 30.7 Å². The van der Waals surface area contributed by atoms with E-state index in [1.165, 1.54) is 7.11 Å². The normalized spacial score (nSPS) is 14.5. The van der Waals surface area contributed by atoms with Gasteiger partial charge in [-0.15, -0.1) is 0 Å². The van der Waals surface area contributed by atoms with Crippen molar-refractivity contribution < 1.29 is 9.53 Å². The van der Waals surface area contributed by atoms with Crippen molar-refractivity contribution in [3.05, 3.63) is 76.0 Å². The number of methoxy groups -OCH3 is 1. The van der Waals surface area contributed by atoms with Crippen LogP contribution in [0.4, 0.5) is 0 Å². The smallest absolute Gasteiger partial charge is 0.253 e. The second-order valence-corrected chi connectivity index (χ2v) is 6.80. The first-order valence-electron chi connectivity index (χ1n) is 8.93. The van der Waals surface area contributed by atoms with Gasteiger partial charge in [0.1, 0.15) is 0 Å². The predicted octanol–water partition coefficient (Wildman–Crippen LogP) is 3.03. The van der Waals surface area contributed by atoms with Crippen molar-refractivity contribution in [1.82, 2.24) is 4.90 Å². The fourth-order valence-corrected chi connectivity index (χ4v) is 3.29. The van der Waals surface area contributed by atoms with Crippen molar-refractivity contribution in [3.8, 4) is 6.07 Å². The number of likely N-dealkylation sites (tertiary alicyclic amines) is 1. The minimum absolute atomic E-state index is 0.0484. The van der Waals surface area contributed by atoms with Gasteiger partial charge in [0.25, 0.3) is 5.91 Å². The van der Waals surface area contributed by atoms with E-state index in [1.54, 1.807) is 29.2 Å². The summed E-state index contributed by atoms with van der Waals surface area (Å²) in [5, 5.41) is 16.3. The molecule has 2 aromatic rings. The van der Waals surface area contributed by atoms with Crippen LogP contribution in [0.3, 0.4) is 0 Å². The maximum absolute atomic E-state index is 12.8. The monoisotopic (exact) mass is 374 g/mol. The number of amides is 1. The van der Waals surface area contributed by atoms with Gasteiger partial charge in [0.2, 0.25) is 0 Å². The molecule has 2 aromatic carbocycles. The molecule has 1 heterocycles. The van der Waals surface area contributed by atoms with Gasteiger partial charge in [-0.3, -0.25) is 4.79 Å². The van der Waals surface area contributed by atoms with Crippen LogP contribution in [0, 0.1) is 23.7 Å². The molecule has 0 radical (unpaired) electrons. The third-order valence-electron chi connectivity index (χ3n) is 5.07. The van der Waals surface area contributed by atoms with Gasteiger partial charge in [0.15, 0.2) is 5.76 Å². The van der Waals surface area contributed by atoms with Gasteiger partial charge in [0, 0.05) is 30.1 Å². The molecule has 1 amide bonds. The molecule has 0 spiro atoms. The molecular weight excluding hydrogens is 352 g/mol. The van der Waals surface area contributed by atoms with Crippen LogP contribution < -0.4 is 5.73 Å². The van der Waals surface area contributed by atoms with Crippen molar-refractivity contribution in [2.75, 3.05) is 20.2 Å². The summed E-state index contributed by atoms with van der Waals surface area (Å²) in [6.07, 6.45) is 1.06. The number of nitrogens with zero attached hydrogens (tertiary/aromatic N) is 2. The molecule has 0 saturated carbocycles. The summed E-state index contributed by atoms with van der Waals surface area (Å²) < 4.78 is 5.13. The van der Waals surface area contributed by atoms with E-state index in [0.717, 1.165) is 17.3 Å². The first-order valence-corrected chi connectivity index (χ1v) is 8.93. The number of rotatable bonds is 5. The van der Waals surface area contributed by atoms with Gasteiger partial charge >= 0.3 is 0 Å². The van der Waals surface area contributed by atoms with E-state index < -0.39 is 0 Å². The number of allylic oxidation sites excluding steroid dienone is 1. The van der Waals surface area contributed by atoms with E-state index in [4.69, 9.17) is 21.1 Å². The molecule has 142 valence electrons. The molecule has 3 rings (SSSR count). The summed E-state index contributed by atoms with van der Waals surface area (Å²) in [7, 11) is 1.46. The molecule has 3 N–H and O–H groups in total. The zero-order valence-electron chi connectivity index (χ0n) is 15.9. The number of carbonyl (C=O) groups is 1. The molecule has 0 unspecified atom stereocenters. The Balaban J connectivity index is 1.75. The van der Waals surface area contributed by atoms with Crippen LogP contribution >= 0.6 is 0 Å². The van der Waals surface area contributed by atoms with E-state index in [9.17, 15) is 4.79 Å². The lowest BCUT2D eigenvalue weighted by Crippen LogP contribution is -2.48. The van der Waals surface area contributed by atoms with Crippen LogP contribution in [0.25, 0.3) is 5.70 Å². The molecule has 1 fully saturated rings. The minimum atomic E-state index is -0.0484. The van der Waals surface area contributed by atoms with Crippen LogP contribution in [0.15, 0.2) is 48.2 Å². The highest BCUT2D eigenvalue weighted by atomic mass is 16.5. The summed E-state index contributed by atoms with van der Waals surface area (Å²) in [6, 6.07) is 15.0. The van der Waals surface area contributed by atoms with Crippen LogP contribution in [0.2, 0.25) is 0 Å². The number of nitrogens with one attached hydrogen (secondary N) is 1. The van der Waals surface area contributed by atoms with Crippen LogP contribution in [0.5, 0.6) is 0 Å². The zero-order valence-corrected chi connectivity index (χ0v) is 15.9. The molecule has 6 nitrogen and oxygen atoms in total. The van der Waals surface area contributed by atoms with Crippen LogP contribution in [-0.4, -0.2) is 37.2 Å². The number of nitriles is 1. The van der Waals surface area contributed by atoms with Crippen molar-refractivity contribution in [3.63, 3.8) is 0 Å². The Morgan fingerprint density at radius 2 is 1.96 bits per heavy atom. The SMILES string of the molecule is CO/C(C=N)=C(/N)c1cc(C(=O)N2CC(c3ccc(C#N)cc3)C2)ccc1C. The fraction of sp³-hybridized carbons (Fsp3) is 0.227. The van der Waals surface area contributed by atoms with Crippen LogP contribution in [0.1, 0.15) is 38.5 Å². The Kier molecular flexibility index (Phi) is 5.46. The van der Waals surface area contributed by atoms with E-state index in [1.807, 2.05) is 25.1 Å². The lowest BCUT2D eigenvalue weighted by Gasteiger charge is -2.39. The quantitative estimate of drug-likeness (QED) is 0.620. The van der Waals surface area contributed by atoms with E-state index in [2.05, 4.69) is 6.07 Å². The highest BCUT2D eigenvalue weighted by Crippen LogP contribution is 2.29. The standard InChI is InChI=1S/C22H22N4O2/c1-14-3-6-17(9-19(14)21(25)20(11-24)28-2)22(27)26-12-18(13-26)16-7-4-15(10-23)5-8-16/h3-9,11,18,24H,12-13,25H2,1-2H3/b21-20+,24-11?. The molecule has 0 bridgehead atoms. The Labute approximate surface area is 164 Å². The molecule has 28 heavy (non-hydrogen) atoms. The first-order chi connectivity index (χ1) is 13.5. The molecule has 6 heteroatoms. The van der Waals surface area contributed by atoms with Crippen LogP contribution in [-0.2, 0) is 4.74 Å². The number of nitrogens with two attached hydrogens (primary N) is 1. The number of carbonyl (C=O) groups excluding carboxylic acids is 1. The average molecular weight is 374 g/mol. The highest BCUT2D eigenvalue weighted by Gasteiger charge is 2.32. The average Bonchev–Trinajstić information content (AvgIpc) is 2.68. The summed E-state index contributed by atoms with van der Waals surface area (Å²) >= 11 is 0. The number of aryl methyl sites for hydroxylation is 1. The summed E-state index contributed by atoms with van der Waals surface area (Å²) in [5.74, 6) is 0.495. The Morgan fingerprint density at radius 3 is 2.54 bits per heavy atom. The zero-order chi connectivity index (χ0) is 20.3. The topological polar surface area (TPSA) is 103 Å². The summed E-state index contributed by atoms with van der Waals surface area (Å²) in [4.78, 5) is 14.6. The third-order valence-corrected chi connectivity index (χ3v) is 5.07. The van der Waals surface area contributed by atoms with E-state index in [0.29, 0.717) is 35.5 Å². The maximum Gasteiger partial charge on any atom is 0.253 e. The van der Waals surface area contributed by atoms with Crippen molar-refractivity contribution in [2.24, 2.45) is 5.73 Å². The lowest BCUT2D eigenvalue weighted by atomic mass is 9.90. The van der Waals surface area contributed by atoms with Gasteiger partial charge in [-0.2, -0.15) is 5.26 Å². The number of hydrogen-bond donors (Lipinski definition) is 2. The second kappa shape index (κ2) is 7.97. The Hall–Kier alpha value is -3.59. The largest absolute Gasteiger partial charge is 0.493 e. The van der Waals surface area contributed by atoms with Gasteiger partial charge in [-0.25, -0.2) is 0 Å². The van der Waals surface area contributed by atoms with Gasteiger partial charge in [-0.05, 0) is 42.3 Å². The maximum atomic E-state index is 12.8. The highest BCUT2D eigenvalue weighted by molar-refractivity contribution is 5.96. The van der Waals surface area contributed by atoms with Crippen molar-refractivity contribution >= 4 is 17.8 Å². The third kappa shape index (κ3) is 3.60. The van der Waals surface area contributed by atoms with Gasteiger partial charge < -0.3 is 20.8 Å². The van der Waals surface area contributed by atoms with Crippen molar-refractivity contribution in [2.45, 2.75) is 12.8 Å². The molecule has 0 aromatic heterocycles. The van der Waals surface area contributed by atoms with E-state index in [-0.39, 0.29) is 17.6 Å². The second-order valence-electron chi connectivity index (χ2n) is 6.80. The predicted molar refractivity (Wildman–Crippen MR) is 108 cm³/mol. The Morgan fingerprint density at radius 1 is 1.29 bits per heavy atom. The lowest BCUT2D eigenvalue weighted by molar-refractivity contribution is 0.0602. The van der Waals surface area contributed by atoms with Gasteiger partial charge in [-0.1, -0.05) is 18.2 Å². The van der Waals surface area contributed by atoms with E-state index >= 15 is 0 Å². The van der Waals surface area contributed by atoms with Crippen molar-refractivity contribution in [1.29, 1.82) is 10.7 Å². The number of benzene rings is 2. The fourth-order valence-electron chi connectivity index (χ4n) is 3.29. The molecular formula is C22H22N4O2. The molecule has 1 aliphatic heterocycles. The number of ether oxygens (including phenoxy) is 1. The Bertz CT molecular complexity index is 981. The molecule has 1 aliphatic rings. The molecule has 0 aliphatic carbocycles. The molecule has 1 saturated heterocycles. The first kappa shape index (κ1) is 19.2. The summed E-state index contributed by atoms with van der Waals surface area (Å²) in [5.41, 5.74) is 10.4. The number of hydrogen-bond acceptors (Lipinski definition) is 5. The molecule has 0 atom stereocenters. The summed E-state index contributed by atoms with van der Waals surface area (Å²) in [6.45, 7) is 3.18.